The summed E-state index contributed by atoms with van der Waals surface area (Å²) >= 11 is 0. The van der Waals surface area contributed by atoms with Gasteiger partial charge in [0.05, 0.1) is 25.9 Å². The molecule has 7 heteroatoms. The normalized spacial score (nSPS) is 14.9. The van der Waals surface area contributed by atoms with E-state index in [0.29, 0.717) is 12.1 Å². The molecule has 0 radical (unpaired) electrons. The maximum absolute atomic E-state index is 12.5. The van der Waals surface area contributed by atoms with Gasteiger partial charge < -0.3 is 25.0 Å². The first-order valence-corrected chi connectivity index (χ1v) is 9.81. The second kappa shape index (κ2) is 10.0. The van der Waals surface area contributed by atoms with Crippen LogP contribution in [-0.4, -0.2) is 51.3 Å². The van der Waals surface area contributed by atoms with Crippen molar-refractivity contribution in [1.82, 2.24) is 0 Å². The molecule has 3 N–H and O–H groups in total. The van der Waals surface area contributed by atoms with Crippen LogP contribution in [0.1, 0.15) is 22.8 Å². The van der Waals surface area contributed by atoms with Gasteiger partial charge in [-0.15, -0.1) is 0 Å². The molecule has 1 aliphatic rings. The van der Waals surface area contributed by atoms with E-state index in [4.69, 9.17) is 9.47 Å². The van der Waals surface area contributed by atoms with Gasteiger partial charge in [-0.3, -0.25) is 4.79 Å². The van der Waals surface area contributed by atoms with Gasteiger partial charge in [-0.05, 0) is 43.3 Å². The lowest BCUT2D eigenvalue weighted by atomic mass is 10.1. The average molecular weight is 398 g/mol. The van der Waals surface area contributed by atoms with Crippen molar-refractivity contribution >= 4 is 23.3 Å². The summed E-state index contributed by atoms with van der Waals surface area (Å²) in [6, 6.07) is 14.9. The van der Waals surface area contributed by atoms with E-state index in [9.17, 15) is 9.59 Å². The molecule has 0 bridgehead atoms. The molecule has 154 valence electrons. The number of quaternary nitrogens is 1. The van der Waals surface area contributed by atoms with E-state index < -0.39 is 0 Å². The first kappa shape index (κ1) is 20.8. The molecule has 1 amide bonds. The molecule has 0 spiro atoms. The average Bonchev–Trinajstić information content (AvgIpc) is 2.78. The number of morpholine rings is 1. The van der Waals surface area contributed by atoms with Crippen LogP contribution in [0.25, 0.3) is 0 Å². The molecule has 1 saturated heterocycles. The minimum Gasteiger partial charge on any atom is -0.465 e. The van der Waals surface area contributed by atoms with Crippen LogP contribution in [0.15, 0.2) is 48.5 Å². The SMILES string of the molecule is COC(=O)c1ccc(C[NH2+][C@H](C)C(=O)Nc2ccc(N3CCOCC3)cc2)cc1. The second-order valence-electron chi connectivity index (χ2n) is 7.05. The minimum absolute atomic E-state index is 0.0460. The number of methoxy groups -OCH3 is 1. The maximum atomic E-state index is 12.5. The number of nitrogens with two attached hydrogens (primary N) is 1. The van der Waals surface area contributed by atoms with Gasteiger partial charge in [0.1, 0.15) is 6.54 Å². The molecule has 1 fully saturated rings. The monoisotopic (exact) mass is 398 g/mol. The Bertz CT molecular complexity index is 815. The summed E-state index contributed by atoms with van der Waals surface area (Å²) in [6.07, 6.45) is 0. The highest BCUT2D eigenvalue weighted by molar-refractivity contribution is 5.93. The predicted octanol–water partition coefficient (Wildman–Crippen LogP) is 1.40. The smallest absolute Gasteiger partial charge is 0.337 e. The minimum atomic E-state index is -0.354. The topological polar surface area (TPSA) is 84.5 Å². The molecule has 2 aromatic rings. The number of hydrogen-bond donors (Lipinski definition) is 2. The van der Waals surface area contributed by atoms with Gasteiger partial charge >= 0.3 is 5.97 Å². The summed E-state index contributed by atoms with van der Waals surface area (Å²) in [5.41, 5.74) is 3.48. The highest BCUT2D eigenvalue weighted by Gasteiger charge is 2.17. The molecule has 1 atom stereocenters. The largest absolute Gasteiger partial charge is 0.465 e. The summed E-state index contributed by atoms with van der Waals surface area (Å²) in [6.45, 7) is 5.79. The van der Waals surface area contributed by atoms with Crippen molar-refractivity contribution in [2.75, 3.05) is 43.6 Å². The maximum Gasteiger partial charge on any atom is 0.337 e. The lowest BCUT2D eigenvalue weighted by Crippen LogP contribution is -2.90. The Morgan fingerprint density at radius 3 is 2.38 bits per heavy atom. The van der Waals surface area contributed by atoms with Crippen LogP contribution in [0.3, 0.4) is 0 Å². The summed E-state index contributed by atoms with van der Waals surface area (Å²) in [7, 11) is 1.36. The lowest BCUT2D eigenvalue weighted by molar-refractivity contribution is -0.688. The number of nitrogens with zero attached hydrogens (tertiary/aromatic N) is 1. The molecule has 7 nitrogen and oxygen atoms in total. The van der Waals surface area contributed by atoms with Gasteiger partial charge in [0.2, 0.25) is 0 Å². The van der Waals surface area contributed by atoms with Crippen LogP contribution in [-0.2, 0) is 20.8 Å². The fourth-order valence-electron chi connectivity index (χ4n) is 3.15. The third kappa shape index (κ3) is 5.79. The Labute approximate surface area is 171 Å². The second-order valence-corrected chi connectivity index (χ2v) is 7.05. The van der Waals surface area contributed by atoms with E-state index in [-0.39, 0.29) is 17.9 Å². The van der Waals surface area contributed by atoms with Crippen LogP contribution in [0.2, 0.25) is 0 Å². The molecule has 1 heterocycles. The molecule has 0 aliphatic carbocycles. The fraction of sp³-hybridized carbons (Fsp3) is 0.364. The highest BCUT2D eigenvalue weighted by atomic mass is 16.5. The number of benzene rings is 2. The van der Waals surface area contributed by atoms with E-state index in [1.807, 2.05) is 48.6 Å². The highest BCUT2D eigenvalue weighted by Crippen LogP contribution is 2.19. The number of carbonyl (C=O) groups excluding carboxylic acids is 2. The number of hydrogen-bond acceptors (Lipinski definition) is 5. The number of amides is 1. The fourth-order valence-corrected chi connectivity index (χ4v) is 3.15. The predicted molar refractivity (Wildman–Crippen MR) is 111 cm³/mol. The zero-order valence-corrected chi connectivity index (χ0v) is 16.9. The van der Waals surface area contributed by atoms with Crippen molar-refractivity contribution < 1.29 is 24.4 Å². The first-order valence-electron chi connectivity index (χ1n) is 9.81. The Morgan fingerprint density at radius 2 is 1.76 bits per heavy atom. The van der Waals surface area contributed by atoms with E-state index >= 15 is 0 Å². The Morgan fingerprint density at radius 1 is 1.10 bits per heavy atom. The zero-order valence-electron chi connectivity index (χ0n) is 16.9. The molecular weight excluding hydrogens is 370 g/mol. The number of esters is 1. The van der Waals surface area contributed by atoms with Gasteiger partial charge in [-0.25, -0.2) is 4.79 Å². The van der Waals surface area contributed by atoms with Crippen molar-refractivity contribution in [1.29, 1.82) is 0 Å². The number of anilines is 2. The third-order valence-electron chi connectivity index (χ3n) is 5.01. The molecule has 0 aromatic heterocycles. The summed E-state index contributed by atoms with van der Waals surface area (Å²) in [5.74, 6) is -0.400. The number of carbonyl (C=O) groups is 2. The Kier molecular flexibility index (Phi) is 7.21. The van der Waals surface area contributed by atoms with Crippen molar-refractivity contribution in [2.24, 2.45) is 0 Å². The van der Waals surface area contributed by atoms with Crippen LogP contribution < -0.4 is 15.5 Å². The van der Waals surface area contributed by atoms with Crippen LogP contribution in [0, 0.1) is 0 Å². The van der Waals surface area contributed by atoms with Gasteiger partial charge in [-0.2, -0.15) is 0 Å². The van der Waals surface area contributed by atoms with Crippen molar-refractivity contribution in [3.05, 3.63) is 59.7 Å². The Hall–Kier alpha value is -2.90. The zero-order chi connectivity index (χ0) is 20.6. The van der Waals surface area contributed by atoms with Crippen LogP contribution >= 0.6 is 0 Å². The summed E-state index contributed by atoms with van der Waals surface area (Å²) in [5, 5.41) is 4.93. The summed E-state index contributed by atoms with van der Waals surface area (Å²) < 4.78 is 10.1. The first-order chi connectivity index (χ1) is 14.1. The molecule has 0 unspecified atom stereocenters. The van der Waals surface area contributed by atoms with E-state index in [1.54, 1.807) is 12.1 Å². The van der Waals surface area contributed by atoms with Gasteiger partial charge in [0, 0.05) is 30.0 Å². The van der Waals surface area contributed by atoms with Gasteiger partial charge in [0.25, 0.3) is 5.91 Å². The standard InChI is InChI=1S/C22H27N3O4/c1-16(23-15-17-3-5-18(6-4-17)22(27)28-2)21(26)24-19-7-9-20(10-8-19)25-11-13-29-14-12-25/h3-10,16,23H,11-15H2,1-2H3,(H,24,26)/p+1/t16-/m1/s1. The van der Waals surface area contributed by atoms with Crippen LogP contribution in [0.5, 0.6) is 0 Å². The van der Waals surface area contributed by atoms with Crippen molar-refractivity contribution in [3.63, 3.8) is 0 Å². The Balaban J connectivity index is 1.48. The molecule has 1 aliphatic heterocycles. The number of rotatable bonds is 7. The quantitative estimate of drug-likeness (QED) is 0.689. The van der Waals surface area contributed by atoms with Crippen molar-refractivity contribution in [3.8, 4) is 0 Å². The van der Waals surface area contributed by atoms with E-state index in [2.05, 4.69) is 10.2 Å². The number of ether oxygens (including phenoxy) is 2. The molecule has 3 rings (SSSR count). The lowest BCUT2D eigenvalue weighted by Gasteiger charge is -2.28. The van der Waals surface area contributed by atoms with Gasteiger partial charge in [0.15, 0.2) is 6.04 Å². The number of nitrogens with one attached hydrogen (secondary N) is 1. The third-order valence-corrected chi connectivity index (χ3v) is 5.01. The van der Waals surface area contributed by atoms with Gasteiger partial charge in [-0.1, -0.05) is 12.1 Å². The summed E-state index contributed by atoms with van der Waals surface area (Å²) in [4.78, 5) is 26.2. The van der Waals surface area contributed by atoms with E-state index in [0.717, 1.165) is 43.2 Å². The molecule has 29 heavy (non-hydrogen) atoms. The van der Waals surface area contributed by atoms with Crippen LogP contribution in [0.4, 0.5) is 11.4 Å². The van der Waals surface area contributed by atoms with E-state index in [1.165, 1.54) is 7.11 Å². The van der Waals surface area contributed by atoms with Crippen molar-refractivity contribution in [2.45, 2.75) is 19.5 Å². The molecule has 2 aromatic carbocycles. The molecular formula is C22H28N3O4+. The molecule has 0 saturated carbocycles.